The number of esters is 1. The molecular weight excluding hydrogens is 362 g/mol. The minimum absolute atomic E-state index is 0.305. The minimum atomic E-state index is -0.305. The highest BCUT2D eigenvalue weighted by Crippen LogP contribution is 2.28. The lowest BCUT2D eigenvalue weighted by Crippen LogP contribution is -2.06. The molecule has 0 aliphatic carbocycles. The molecule has 5 heteroatoms. The molecule has 2 aromatic carbocycles. The number of thiazole rings is 1. The van der Waals surface area contributed by atoms with E-state index >= 15 is 0 Å². The molecule has 3 nitrogen and oxygen atoms in total. The van der Waals surface area contributed by atoms with Crippen LogP contribution in [0.2, 0.25) is 0 Å². The molecule has 0 fully saturated rings. The van der Waals surface area contributed by atoms with Crippen molar-refractivity contribution in [2.75, 3.05) is 6.61 Å². The maximum absolute atomic E-state index is 12.1. The molecule has 0 amide bonds. The fourth-order valence-corrected chi connectivity index (χ4v) is 3.83. The van der Waals surface area contributed by atoms with Gasteiger partial charge in [-0.25, -0.2) is 9.78 Å². The van der Waals surface area contributed by atoms with Crippen LogP contribution in [0.3, 0.4) is 0 Å². The van der Waals surface area contributed by atoms with Crippen LogP contribution in [0.15, 0.2) is 46.4 Å². The first-order valence-electron chi connectivity index (χ1n) is 6.98. The van der Waals surface area contributed by atoms with Crippen LogP contribution in [-0.4, -0.2) is 17.6 Å². The maximum Gasteiger partial charge on any atom is 0.350 e. The number of benzene rings is 2. The van der Waals surface area contributed by atoms with Crippen molar-refractivity contribution >= 4 is 44.0 Å². The van der Waals surface area contributed by atoms with E-state index in [0.29, 0.717) is 21.8 Å². The summed E-state index contributed by atoms with van der Waals surface area (Å²) in [7, 11) is 0. The maximum atomic E-state index is 12.1. The Morgan fingerprint density at radius 1 is 1.23 bits per heavy atom. The Morgan fingerprint density at radius 2 is 2.00 bits per heavy atom. The van der Waals surface area contributed by atoms with Gasteiger partial charge in [0.05, 0.1) is 12.3 Å². The summed E-state index contributed by atoms with van der Waals surface area (Å²) in [6.45, 7) is 2.17. The first-order chi connectivity index (χ1) is 10.7. The predicted molar refractivity (Wildman–Crippen MR) is 92.5 cm³/mol. The van der Waals surface area contributed by atoms with Gasteiger partial charge in [0.2, 0.25) is 0 Å². The van der Waals surface area contributed by atoms with E-state index in [1.807, 2.05) is 18.2 Å². The zero-order chi connectivity index (χ0) is 15.5. The molecule has 3 rings (SSSR count). The average Bonchev–Trinajstić information content (AvgIpc) is 2.89. The number of halogens is 1. The van der Waals surface area contributed by atoms with Crippen molar-refractivity contribution in [2.24, 2.45) is 0 Å². The van der Waals surface area contributed by atoms with E-state index in [4.69, 9.17) is 4.74 Å². The van der Waals surface area contributed by atoms with Crippen molar-refractivity contribution in [3.05, 3.63) is 62.5 Å². The fourth-order valence-electron chi connectivity index (χ4n) is 2.43. The zero-order valence-electron chi connectivity index (χ0n) is 12.0. The number of hydrogen-bond donors (Lipinski definition) is 0. The zero-order valence-corrected chi connectivity index (χ0v) is 14.4. The van der Waals surface area contributed by atoms with E-state index in [1.54, 1.807) is 6.92 Å². The summed E-state index contributed by atoms with van der Waals surface area (Å²) in [6, 6.07) is 14.4. The molecule has 1 heterocycles. The molecule has 1 aromatic heterocycles. The van der Waals surface area contributed by atoms with Gasteiger partial charge in [0.15, 0.2) is 3.92 Å². The summed E-state index contributed by atoms with van der Waals surface area (Å²) in [5.41, 5.74) is 1.91. The highest BCUT2D eigenvalue weighted by molar-refractivity contribution is 9.11. The first-order valence-corrected chi connectivity index (χ1v) is 8.59. The van der Waals surface area contributed by atoms with Gasteiger partial charge in [-0.3, -0.25) is 0 Å². The largest absolute Gasteiger partial charge is 0.462 e. The van der Waals surface area contributed by atoms with Gasteiger partial charge in [-0.2, -0.15) is 0 Å². The first kappa shape index (κ1) is 15.2. The molecule has 3 aromatic rings. The Morgan fingerprint density at radius 3 is 2.82 bits per heavy atom. The molecule has 0 saturated heterocycles. The Hall–Kier alpha value is -1.72. The molecule has 0 N–H and O–H groups in total. The number of carbonyl (C=O) groups excluding carboxylic acids is 1. The van der Waals surface area contributed by atoms with Gasteiger partial charge >= 0.3 is 5.97 Å². The van der Waals surface area contributed by atoms with Crippen LogP contribution in [0.5, 0.6) is 0 Å². The average molecular weight is 376 g/mol. The van der Waals surface area contributed by atoms with E-state index in [2.05, 4.69) is 45.2 Å². The second kappa shape index (κ2) is 6.58. The summed E-state index contributed by atoms with van der Waals surface area (Å²) in [4.78, 5) is 17.1. The van der Waals surface area contributed by atoms with E-state index < -0.39 is 0 Å². The number of ether oxygens (including phenoxy) is 1. The molecule has 112 valence electrons. The molecule has 0 aliphatic heterocycles. The standard InChI is InChI=1S/C17H14BrNO2S/c1-2-21-16(20)15-14(19-17(18)22-15)10-12-8-5-7-11-6-3-4-9-13(11)12/h3-9H,2,10H2,1H3. The van der Waals surface area contributed by atoms with Crippen molar-refractivity contribution in [2.45, 2.75) is 13.3 Å². The van der Waals surface area contributed by atoms with E-state index in [9.17, 15) is 4.79 Å². The molecule has 0 radical (unpaired) electrons. The number of nitrogens with zero attached hydrogens (tertiary/aromatic N) is 1. The van der Waals surface area contributed by atoms with Crippen LogP contribution in [-0.2, 0) is 11.2 Å². The Labute approximate surface area is 141 Å². The van der Waals surface area contributed by atoms with Gasteiger partial charge in [-0.15, -0.1) is 0 Å². The van der Waals surface area contributed by atoms with Crippen molar-refractivity contribution in [1.82, 2.24) is 4.98 Å². The number of fused-ring (bicyclic) bond motifs is 1. The summed E-state index contributed by atoms with van der Waals surface area (Å²) < 4.78 is 5.82. The van der Waals surface area contributed by atoms with E-state index in [-0.39, 0.29) is 5.97 Å². The molecule has 0 bridgehead atoms. The molecule has 0 saturated carbocycles. The Kier molecular flexibility index (Phi) is 4.55. The monoisotopic (exact) mass is 375 g/mol. The van der Waals surface area contributed by atoms with Gasteiger partial charge < -0.3 is 4.74 Å². The number of carbonyl (C=O) groups is 1. The summed E-state index contributed by atoms with van der Waals surface area (Å²) in [5.74, 6) is -0.305. The fraction of sp³-hybridized carbons (Fsp3) is 0.176. The summed E-state index contributed by atoms with van der Waals surface area (Å²) in [6.07, 6.45) is 0.609. The smallest absolute Gasteiger partial charge is 0.350 e. The third-order valence-corrected chi connectivity index (χ3v) is 4.90. The van der Waals surface area contributed by atoms with Gasteiger partial charge in [0.1, 0.15) is 4.88 Å². The molecular formula is C17H14BrNO2S. The summed E-state index contributed by atoms with van der Waals surface area (Å²) in [5, 5.41) is 2.37. The number of aromatic nitrogens is 1. The van der Waals surface area contributed by atoms with E-state index in [1.165, 1.54) is 22.1 Å². The van der Waals surface area contributed by atoms with Crippen LogP contribution in [0.4, 0.5) is 0 Å². The number of rotatable bonds is 4. The molecule has 0 unspecified atom stereocenters. The lowest BCUT2D eigenvalue weighted by molar-refractivity contribution is 0.0530. The molecule has 0 atom stereocenters. The molecule has 22 heavy (non-hydrogen) atoms. The minimum Gasteiger partial charge on any atom is -0.462 e. The normalized spacial score (nSPS) is 10.8. The highest BCUT2D eigenvalue weighted by Gasteiger charge is 2.19. The quantitative estimate of drug-likeness (QED) is 0.613. The van der Waals surface area contributed by atoms with Crippen LogP contribution in [0, 0.1) is 0 Å². The predicted octanol–water partition coefficient (Wildman–Crippen LogP) is 4.83. The van der Waals surface area contributed by atoms with Crippen molar-refractivity contribution in [3.63, 3.8) is 0 Å². The van der Waals surface area contributed by atoms with Crippen LogP contribution < -0.4 is 0 Å². The van der Waals surface area contributed by atoms with Gasteiger partial charge in [0.25, 0.3) is 0 Å². The van der Waals surface area contributed by atoms with Crippen LogP contribution >= 0.6 is 27.3 Å². The van der Waals surface area contributed by atoms with Crippen molar-refractivity contribution in [3.8, 4) is 0 Å². The lowest BCUT2D eigenvalue weighted by atomic mass is 10.0. The SMILES string of the molecule is CCOC(=O)c1sc(Br)nc1Cc1cccc2ccccc12. The van der Waals surface area contributed by atoms with Crippen molar-refractivity contribution < 1.29 is 9.53 Å². The number of hydrogen-bond acceptors (Lipinski definition) is 4. The highest BCUT2D eigenvalue weighted by atomic mass is 79.9. The lowest BCUT2D eigenvalue weighted by Gasteiger charge is -2.06. The molecule has 0 spiro atoms. The van der Waals surface area contributed by atoms with Crippen LogP contribution in [0.25, 0.3) is 10.8 Å². The van der Waals surface area contributed by atoms with Crippen LogP contribution in [0.1, 0.15) is 27.9 Å². The molecule has 0 aliphatic rings. The second-order valence-corrected chi connectivity index (χ2v) is 7.05. The topological polar surface area (TPSA) is 39.2 Å². The van der Waals surface area contributed by atoms with Gasteiger partial charge in [-0.1, -0.05) is 53.8 Å². The Balaban J connectivity index is 2.00. The third kappa shape index (κ3) is 3.05. The third-order valence-electron chi connectivity index (χ3n) is 3.37. The van der Waals surface area contributed by atoms with Gasteiger partial charge in [-0.05, 0) is 39.2 Å². The summed E-state index contributed by atoms with van der Waals surface area (Å²) >= 11 is 4.68. The van der Waals surface area contributed by atoms with Gasteiger partial charge in [0, 0.05) is 6.42 Å². The van der Waals surface area contributed by atoms with Crippen molar-refractivity contribution in [1.29, 1.82) is 0 Å². The van der Waals surface area contributed by atoms with E-state index in [0.717, 1.165) is 11.3 Å². The second-order valence-electron chi connectivity index (χ2n) is 4.78. The Bertz CT molecular complexity index is 823.